The lowest BCUT2D eigenvalue weighted by molar-refractivity contribution is 0.00294. The van der Waals surface area contributed by atoms with Crippen molar-refractivity contribution in [1.82, 2.24) is 10.5 Å². The lowest BCUT2D eigenvalue weighted by Crippen LogP contribution is -2.43. The molecule has 1 unspecified atom stereocenters. The largest absolute Gasteiger partial charge is 0.393 e. The summed E-state index contributed by atoms with van der Waals surface area (Å²) >= 11 is 0. The molecule has 1 amide bonds. The summed E-state index contributed by atoms with van der Waals surface area (Å²) in [6.07, 6.45) is 1.35. The Morgan fingerprint density at radius 2 is 2.50 bits per heavy atom. The minimum absolute atomic E-state index is 0.0525. The minimum atomic E-state index is -1.32. The highest BCUT2D eigenvalue weighted by Gasteiger charge is 2.20. The van der Waals surface area contributed by atoms with Crippen molar-refractivity contribution in [3.05, 3.63) is 18.0 Å². The van der Waals surface area contributed by atoms with E-state index in [2.05, 4.69) is 15.0 Å². The fourth-order valence-corrected chi connectivity index (χ4v) is 0.747. The first kappa shape index (κ1) is 10.7. The second-order valence-corrected chi connectivity index (χ2v) is 3.21. The number of hydrogen-bond acceptors (Lipinski definition) is 5. The van der Waals surface area contributed by atoms with Gasteiger partial charge >= 0.3 is 0 Å². The molecule has 1 atom stereocenters. The summed E-state index contributed by atoms with van der Waals surface area (Å²) in [6, 6.07) is 1.41. The Bertz CT molecular complexity index is 294. The van der Waals surface area contributed by atoms with Gasteiger partial charge in [0.2, 0.25) is 5.76 Å². The van der Waals surface area contributed by atoms with E-state index in [1.165, 1.54) is 19.2 Å². The van der Waals surface area contributed by atoms with Crippen LogP contribution in [0.5, 0.6) is 0 Å². The molecule has 1 rings (SSSR count). The summed E-state index contributed by atoms with van der Waals surface area (Å²) in [5.41, 5.74) is -1.32. The summed E-state index contributed by atoms with van der Waals surface area (Å²) in [7, 11) is 0. The van der Waals surface area contributed by atoms with Gasteiger partial charge in [-0.1, -0.05) is 5.16 Å². The molecule has 0 fully saturated rings. The van der Waals surface area contributed by atoms with Crippen LogP contribution in [0.25, 0.3) is 0 Å². The molecule has 0 aliphatic heterocycles. The number of carbonyl (C=O) groups is 1. The maximum Gasteiger partial charge on any atom is 0.289 e. The van der Waals surface area contributed by atoms with Gasteiger partial charge in [-0.25, -0.2) is 0 Å². The molecule has 0 bridgehead atoms. The Labute approximate surface area is 80.5 Å². The number of nitrogens with one attached hydrogen (secondary N) is 1. The van der Waals surface area contributed by atoms with Crippen LogP contribution in [-0.2, 0) is 0 Å². The maximum atomic E-state index is 11.2. The zero-order valence-corrected chi connectivity index (χ0v) is 7.73. The van der Waals surface area contributed by atoms with Gasteiger partial charge in [0, 0.05) is 12.6 Å². The van der Waals surface area contributed by atoms with Gasteiger partial charge in [-0.05, 0) is 6.92 Å². The topological polar surface area (TPSA) is 95.6 Å². The quantitative estimate of drug-likeness (QED) is 0.588. The SMILES string of the molecule is CC(O)(CO)CNC(=O)c1ccno1. The zero-order valence-electron chi connectivity index (χ0n) is 7.73. The Morgan fingerprint density at radius 3 is 3.00 bits per heavy atom. The number of aliphatic hydroxyl groups excluding tert-OH is 1. The molecule has 3 N–H and O–H groups in total. The van der Waals surface area contributed by atoms with Gasteiger partial charge in [-0.3, -0.25) is 4.79 Å². The van der Waals surface area contributed by atoms with E-state index >= 15 is 0 Å². The van der Waals surface area contributed by atoms with Crippen molar-refractivity contribution in [2.24, 2.45) is 0 Å². The van der Waals surface area contributed by atoms with Crippen LogP contribution in [0.2, 0.25) is 0 Å². The summed E-state index contributed by atoms with van der Waals surface area (Å²) in [4.78, 5) is 11.2. The molecule has 1 aromatic rings. The predicted octanol–water partition coefficient (Wildman–Crippen LogP) is -0.852. The van der Waals surface area contributed by atoms with Gasteiger partial charge in [-0.15, -0.1) is 0 Å². The van der Waals surface area contributed by atoms with Crippen molar-refractivity contribution < 1.29 is 19.5 Å². The summed E-state index contributed by atoms with van der Waals surface area (Å²) < 4.78 is 4.59. The summed E-state index contributed by atoms with van der Waals surface area (Å²) in [5, 5.41) is 23.8. The van der Waals surface area contributed by atoms with E-state index in [-0.39, 0.29) is 12.3 Å². The molecule has 6 heteroatoms. The minimum Gasteiger partial charge on any atom is -0.393 e. The Kier molecular flexibility index (Phi) is 3.21. The van der Waals surface area contributed by atoms with Crippen molar-refractivity contribution in [3.8, 4) is 0 Å². The molecule has 0 spiro atoms. The van der Waals surface area contributed by atoms with Crippen LogP contribution in [0.15, 0.2) is 16.8 Å². The average molecular weight is 200 g/mol. The third kappa shape index (κ3) is 2.82. The normalized spacial score (nSPS) is 14.8. The number of rotatable bonds is 4. The number of carbonyl (C=O) groups excluding carboxylic acids is 1. The van der Waals surface area contributed by atoms with Crippen molar-refractivity contribution in [2.75, 3.05) is 13.2 Å². The molecule has 1 aromatic heterocycles. The van der Waals surface area contributed by atoms with E-state index in [0.29, 0.717) is 0 Å². The molecule has 0 aliphatic carbocycles. The first-order valence-corrected chi connectivity index (χ1v) is 4.07. The van der Waals surface area contributed by atoms with Crippen LogP contribution in [0.3, 0.4) is 0 Å². The predicted molar refractivity (Wildman–Crippen MR) is 46.5 cm³/mol. The van der Waals surface area contributed by atoms with Crippen molar-refractivity contribution in [1.29, 1.82) is 0 Å². The smallest absolute Gasteiger partial charge is 0.289 e. The summed E-state index contributed by atoms with van der Waals surface area (Å²) in [6.45, 7) is 0.931. The first-order valence-electron chi connectivity index (χ1n) is 4.07. The van der Waals surface area contributed by atoms with Crippen LogP contribution in [-0.4, -0.2) is 40.0 Å². The fraction of sp³-hybridized carbons (Fsp3) is 0.500. The molecule has 0 radical (unpaired) electrons. The maximum absolute atomic E-state index is 11.2. The molecule has 0 saturated carbocycles. The highest BCUT2D eigenvalue weighted by molar-refractivity contribution is 5.91. The Balaban J connectivity index is 2.43. The zero-order chi connectivity index (χ0) is 10.6. The number of aliphatic hydroxyl groups is 2. The molecular formula is C8H12N2O4. The molecule has 0 saturated heterocycles. The van der Waals surface area contributed by atoms with Gasteiger partial charge in [0.05, 0.1) is 12.8 Å². The molecule has 1 heterocycles. The van der Waals surface area contributed by atoms with Crippen LogP contribution in [0, 0.1) is 0 Å². The fourth-order valence-electron chi connectivity index (χ4n) is 0.747. The monoisotopic (exact) mass is 200 g/mol. The molecule has 78 valence electrons. The lowest BCUT2D eigenvalue weighted by Gasteiger charge is -2.19. The van der Waals surface area contributed by atoms with Gasteiger partial charge in [0.15, 0.2) is 0 Å². The molecule has 0 aliphatic rings. The molecule has 0 aromatic carbocycles. The molecular weight excluding hydrogens is 188 g/mol. The number of amides is 1. The van der Waals surface area contributed by atoms with Crippen LogP contribution in [0.4, 0.5) is 0 Å². The lowest BCUT2D eigenvalue weighted by atomic mass is 10.1. The molecule has 14 heavy (non-hydrogen) atoms. The van der Waals surface area contributed by atoms with E-state index in [1.54, 1.807) is 0 Å². The van der Waals surface area contributed by atoms with Crippen molar-refractivity contribution >= 4 is 5.91 Å². The van der Waals surface area contributed by atoms with Crippen LogP contribution >= 0.6 is 0 Å². The second-order valence-electron chi connectivity index (χ2n) is 3.21. The summed E-state index contributed by atoms with van der Waals surface area (Å²) in [5.74, 6) is -0.407. The number of aromatic nitrogens is 1. The highest BCUT2D eigenvalue weighted by Crippen LogP contribution is 2.01. The van der Waals surface area contributed by atoms with Crippen LogP contribution in [0.1, 0.15) is 17.5 Å². The van der Waals surface area contributed by atoms with E-state index in [9.17, 15) is 9.90 Å². The van der Waals surface area contributed by atoms with Gasteiger partial charge in [-0.2, -0.15) is 0 Å². The third-order valence-electron chi connectivity index (χ3n) is 1.63. The first-order chi connectivity index (χ1) is 6.55. The number of nitrogens with zero attached hydrogens (tertiary/aromatic N) is 1. The second kappa shape index (κ2) is 4.21. The van der Waals surface area contributed by atoms with E-state index < -0.39 is 18.1 Å². The Morgan fingerprint density at radius 1 is 1.79 bits per heavy atom. The van der Waals surface area contributed by atoms with Gasteiger partial charge in [0.1, 0.15) is 5.60 Å². The van der Waals surface area contributed by atoms with Crippen molar-refractivity contribution in [2.45, 2.75) is 12.5 Å². The van der Waals surface area contributed by atoms with Gasteiger partial charge < -0.3 is 20.1 Å². The van der Waals surface area contributed by atoms with E-state index in [4.69, 9.17) is 5.11 Å². The number of hydrogen-bond donors (Lipinski definition) is 3. The van der Waals surface area contributed by atoms with Crippen LogP contribution < -0.4 is 5.32 Å². The standard InChI is InChI=1S/C8H12N2O4/c1-8(13,5-11)4-9-7(12)6-2-3-10-14-6/h2-3,11,13H,4-5H2,1H3,(H,9,12). The average Bonchev–Trinajstić information content (AvgIpc) is 2.67. The highest BCUT2D eigenvalue weighted by atomic mass is 16.5. The molecule has 6 nitrogen and oxygen atoms in total. The van der Waals surface area contributed by atoms with Crippen molar-refractivity contribution in [3.63, 3.8) is 0 Å². The Hall–Kier alpha value is -1.40. The van der Waals surface area contributed by atoms with E-state index in [1.807, 2.05) is 0 Å². The van der Waals surface area contributed by atoms with E-state index in [0.717, 1.165) is 0 Å². The third-order valence-corrected chi connectivity index (χ3v) is 1.63. The van der Waals surface area contributed by atoms with Gasteiger partial charge in [0.25, 0.3) is 5.91 Å².